The van der Waals surface area contributed by atoms with E-state index in [-0.39, 0.29) is 0 Å². The molecule has 0 aliphatic heterocycles. The first-order valence-corrected chi connectivity index (χ1v) is 5.86. The predicted molar refractivity (Wildman–Crippen MR) is 69.2 cm³/mol. The molecule has 0 saturated carbocycles. The monoisotopic (exact) mass is 241 g/mol. The number of anilines is 1. The Morgan fingerprint density at radius 2 is 2.28 bits per heavy atom. The molecule has 1 N–H and O–H groups in total. The standard InChI is InChI=1S/C13H15N5/c1-3-15-12-7-10(2)16-13(17-12)9-18-6-4-5-11(18)8-14/h4-7H,3,9H2,1-2H3,(H,15,16,17). The summed E-state index contributed by atoms with van der Waals surface area (Å²) in [4.78, 5) is 8.81. The molecule has 5 heteroatoms. The number of hydrogen-bond donors (Lipinski definition) is 1. The zero-order chi connectivity index (χ0) is 13.0. The maximum absolute atomic E-state index is 8.95. The third-order valence-corrected chi connectivity index (χ3v) is 2.51. The molecule has 5 nitrogen and oxygen atoms in total. The van der Waals surface area contributed by atoms with Gasteiger partial charge < -0.3 is 9.88 Å². The van der Waals surface area contributed by atoms with Crippen molar-refractivity contribution in [1.29, 1.82) is 5.26 Å². The summed E-state index contributed by atoms with van der Waals surface area (Å²) in [5.41, 5.74) is 1.53. The lowest BCUT2D eigenvalue weighted by molar-refractivity contribution is 0.736. The number of aryl methyl sites for hydroxylation is 1. The van der Waals surface area contributed by atoms with Crippen LogP contribution in [0.15, 0.2) is 24.4 Å². The summed E-state index contributed by atoms with van der Waals surface area (Å²) < 4.78 is 1.84. The maximum Gasteiger partial charge on any atom is 0.150 e. The second kappa shape index (κ2) is 5.32. The highest BCUT2D eigenvalue weighted by atomic mass is 15.1. The Labute approximate surface area is 106 Å². The van der Waals surface area contributed by atoms with Gasteiger partial charge in [0, 0.05) is 24.5 Å². The van der Waals surface area contributed by atoms with Crippen LogP contribution in [0.1, 0.15) is 24.1 Å². The average molecular weight is 241 g/mol. The van der Waals surface area contributed by atoms with Gasteiger partial charge in [-0.2, -0.15) is 5.26 Å². The lowest BCUT2D eigenvalue weighted by atomic mass is 10.4. The van der Waals surface area contributed by atoms with Gasteiger partial charge in [0.1, 0.15) is 17.6 Å². The zero-order valence-electron chi connectivity index (χ0n) is 10.5. The lowest BCUT2D eigenvalue weighted by Crippen LogP contribution is -2.09. The van der Waals surface area contributed by atoms with Crippen molar-refractivity contribution in [2.75, 3.05) is 11.9 Å². The van der Waals surface area contributed by atoms with Crippen molar-refractivity contribution in [3.8, 4) is 6.07 Å². The highest BCUT2D eigenvalue weighted by Gasteiger charge is 2.05. The van der Waals surface area contributed by atoms with E-state index in [1.54, 1.807) is 6.07 Å². The van der Waals surface area contributed by atoms with Crippen LogP contribution in [0.5, 0.6) is 0 Å². The van der Waals surface area contributed by atoms with E-state index in [0.717, 1.165) is 18.1 Å². The van der Waals surface area contributed by atoms with E-state index < -0.39 is 0 Å². The number of hydrogen-bond acceptors (Lipinski definition) is 4. The van der Waals surface area contributed by atoms with E-state index in [1.165, 1.54) is 0 Å². The van der Waals surface area contributed by atoms with E-state index in [1.807, 2.05) is 36.7 Å². The minimum absolute atomic E-state index is 0.510. The van der Waals surface area contributed by atoms with E-state index in [4.69, 9.17) is 5.26 Å². The van der Waals surface area contributed by atoms with Crippen molar-refractivity contribution in [2.45, 2.75) is 20.4 Å². The van der Waals surface area contributed by atoms with Gasteiger partial charge in [-0.1, -0.05) is 0 Å². The van der Waals surface area contributed by atoms with Gasteiger partial charge in [-0.05, 0) is 26.0 Å². The van der Waals surface area contributed by atoms with Crippen LogP contribution in [0, 0.1) is 18.3 Å². The van der Waals surface area contributed by atoms with Crippen LogP contribution in [0.4, 0.5) is 5.82 Å². The number of aromatic nitrogens is 3. The molecule has 2 aromatic heterocycles. The van der Waals surface area contributed by atoms with Crippen LogP contribution in [0.2, 0.25) is 0 Å². The smallest absolute Gasteiger partial charge is 0.150 e. The highest BCUT2D eigenvalue weighted by Crippen LogP contribution is 2.09. The van der Waals surface area contributed by atoms with Crippen molar-refractivity contribution in [3.63, 3.8) is 0 Å². The van der Waals surface area contributed by atoms with Gasteiger partial charge in [-0.3, -0.25) is 0 Å². The third-order valence-electron chi connectivity index (χ3n) is 2.51. The van der Waals surface area contributed by atoms with Gasteiger partial charge in [0.25, 0.3) is 0 Å². The molecule has 2 rings (SSSR count). The fourth-order valence-electron chi connectivity index (χ4n) is 1.78. The zero-order valence-corrected chi connectivity index (χ0v) is 10.5. The minimum Gasteiger partial charge on any atom is -0.370 e. The molecule has 0 aromatic carbocycles. The lowest BCUT2D eigenvalue weighted by Gasteiger charge is -2.08. The first kappa shape index (κ1) is 12.1. The normalized spacial score (nSPS) is 10.1. The maximum atomic E-state index is 8.95. The van der Waals surface area contributed by atoms with Crippen LogP contribution in [-0.2, 0) is 6.54 Å². The molecule has 0 atom stereocenters. The Morgan fingerprint density at radius 1 is 1.44 bits per heavy atom. The topological polar surface area (TPSA) is 66.5 Å². The molecule has 0 radical (unpaired) electrons. The second-order valence-corrected chi connectivity index (χ2v) is 3.97. The van der Waals surface area contributed by atoms with Crippen LogP contribution in [-0.4, -0.2) is 21.1 Å². The molecule has 18 heavy (non-hydrogen) atoms. The van der Waals surface area contributed by atoms with Crippen molar-refractivity contribution in [2.24, 2.45) is 0 Å². The van der Waals surface area contributed by atoms with Gasteiger partial charge in [0.05, 0.1) is 6.54 Å². The molecule has 0 unspecified atom stereocenters. The summed E-state index contributed by atoms with van der Waals surface area (Å²) >= 11 is 0. The second-order valence-electron chi connectivity index (χ2n) is 3.97. The summed E-state index contributed by atoms with van der Waals surface area (Å²) in [5.74, 6) is 1.53. The van der Waals surface area contributed by atoms with Crippen LogP contribution >= 0.6 is 0 Å². The first-order valence-electron chi connectivity index (χ1n) is 5.86. The van der Waals surface area contributed by atoms with Gasteiger partial charge in [0.15, 0.2) is 5.82 Å². The molecule has 0 amide bonds. The van der Waals surface area contributed by atoms with E-state index in [0.29, 0.717) is 18.1 Å². The molecule has 0 aliphatic carbocycles. The molecule has 0 bridgehead atoms. The Kier molecular flexibility index (Phi) is 3.58. The van der Waals surface area contributed by atoms with Crippen LogP contribution in [0.3, 0.4) is 0 Å². The largest absolute Gasteiger partial charge is 0.370 e. The van der Waals surface area contributed by atoms with Crippen molar-refractivity contribution < 1.29 is 0 Å². The van der Waals surface area contributed by atoms with Gasteiger partial charge >= 0.3 is 0 Å². The Hall–Kier alpha value is -2.35. The fraction of sp³-hybridized carbons (Fsp3) is 0.308. The van der Waals surface area contributed by atoms with Crippen molar-refractivity contribution in [3.05, 3.63) is 41.6 Å². The molecule has 0 aliphatic rings. The molecular weight excluding hydrogens is 226 g/mol. The van der Waals surface area contributed by atoms with E-state index >= 15 is 0 Å². The number of nitrogens with zero attached hydrogens (tertiary/aromatic N) is 4. The molecule has 0 saturated heterocycles. The molecular formula is C13H15N5. The molecule has 0 spiro atoms. The average Bonchev–Trinajstić information content (AvgIpc) is 2.76. The first-order chi connectivity index (χ1) is 8.72. The number of rotatable bonds is 4. The summed E-state index contributed by atoms with van der Waals surface area (Å²) in [6, 6.07) is 7.68. The molecule has 2 aromatic rings. The fourth-order valence-corrected chi connectivity index (χ4v) is 1.78. The summed E-state index contributed by atoms with van der Waals surface area (Å²) in [5, 5.41) is 12.1. The third kappa shape index (κ3) is 2.66. The minimum atomic E-state index is 0.510. The number of nitrogens with one attached hydrogen (secondary N) is 1. The quantitative estimate of drug-likeness (QED) is 0.888. The predicted octanol–water partition coefficient (Wildman–Crippen LogP) is 1.94. The summed E-state index contributed by atoms with van der Waals surface area (Å²) in [6.07, 6.45) is 1.86. The Bertz CT molecular complexity index is 579. The summed E-state index contributed by atoms with van der Waals surface area (Å²) in [7, 11) is 0. The Morgan fingerprint density at radius 3 is 3.00 bits per heavy atom. The van der Waals surface area contributed by atoms with Crippen molar-refractivity contribution in [1.82, 2.24) is 14.5 Å². The van der Waals surface area contributed by atoms with Gasteiger partial charge in [-0.15, -0.1) is 0 Å². The molecule has 2 heterocycles. The van der Waals surface area contributed by atoms with Crippen molar-refractivity contribution >= 4 is 5.82 Å². The van der Waals surface area contributed by atoms with E-state index in [2.05, 4.69) is 21.4 Å². The van der Waals surface area contributed by atoms with Crippen LogP contribution in [0.25, 0.3) is 0 Å². The SMILES string of the molecule is CCNc1cc(C)nc(Cn2cccc2C#N)n1. The van der Waals surface area contributed by atoms with E-state index in [9.17, 15) is 0 Å². The van der Waals surface area contributed by atoms with Gasteiger partial charge in [-0.25, -0.2) is 9.97 Å². The highest BCUT2D eigenvalue weighted by molar-refractivity contribution is 5.35. The summed E-state index contributed by atoms with van der Waals surface area (Å²) in [6.45, 7) is 5.29. The Balaban J connectivity index is 2.26. The molecule has 92 valence electrons. The van der Waals surface area contributed by atoms with Crippen LogP contribution < -0.4 is 5.32 Å². The molecule has 0 fully saturated rings. The van der Waals surface area contributed by atoms with Gasteiger partial charge in [0.2, 0.25) is 0 Å². The number of nitriles is 1.